The Balaban J connectivity index is 1.82. The molecule has 0 aliphatic carbocycles. The molecule has 2 aliphatic heterocycles. The van der Waals surface area contributed by atoms with Gasteiger partial charge in [0, 0.05) is 13.2 Å². The molecule has 4 rings (SSSR count). The number of aromatic nitrogens is 2. The minimum Gasteiger partial charge on any atom is -0.508 e. The van der Waals surface area contributed by atoms with Crippen molar-refractivity contribution in [3.8, 4) is 5.75 Å². The number of phenols is 1. The molecule has 3 N–H and O–H groups in total. The molecule has 0 bridgehead atoms. The van der Waals surface area contributed by atoms with Crippen LogP contribution in [-0.2, 0) is 9.53 Å². The lowest BCUT2D eigenvalue weighted by molar-refractivity contribution is -0.113. The maximum atomic E-state index is 12.7. The number of carbonyl (C=O) groups excluding carboxylic acids is 1. The summed E-state index contributed by atoms with van der Waals surface area (Å²) in [6, 6.07) is 6.94. The van der Waals surface area contributed by atoms with E-state index in [1.165, 1.54) is 11.8 Å². The number of fused-ring (bicyclic) bond motifs is 1. The zero-order valence-electron chi connectivity index (χ0n) is 13.5. The van der Waals surface area contributed by atoms with Gasteiger partial charge in [-0.1, -0.05) is 12.1 Å². The second-order valence-corrected chi connectivity index (χ2v) is 7.34. The number of thioether (sulfide) groups is 1. The number of anilines is 1. The molecule has 8 heteroatoms. The van der Waals surface area contributed by atoms with Crippen LogP contribution >= 0.6 is 11.8 Å². The molecule has 25 heavy (non-hydrogen) atoms. The highest BCUT2D eigenvalue weighted by Gasteiger charge is 2.32. The Bertz CT molecular complexity index is 854. The third-order valence-electron chi connectivity index (χ3n) is 4.59. The zero-order valence-corrected chi connectivity index (χ0v) is 14.3. The maximum absolute atomic E-state index is 12.7. The van der Waals surface area contributed by atoms with Gasteiger partial charge in [-0.25, -0.2) is 0 Å². The molecule has 3 heterocycles. The number of nitrogens with one attached hydrogen (secondary N) is 2. The van der Waals surface area contributed by atoms with Crippen LogP contribution in [-0.4, -0.2) is 39.8 Å². The van der Waals surface area contributed by atoms with E-state index in [4.69, 9.17) is 4.74 Å². The van der Waals surface area contributed by atoms with Crippen molar-refractivity contribution in [3.05, 3.63) is 45.7 Å². The first-order valence-electron chi connectivity index (χ1n) is 8.26. The van der Waals surface area contributed by atoms with Gasteiger partial charge in [-0.05, 0) is 30.5 Å². The molecule has 1 amide bonds. The van der Waals surface area contributed by atoms with Crippen molar-refractivity contribution in [2.45, 2.75) is 24.1 Å². The summed E-state index contributed by atoms with van der Waals surface area (Å²) >= 11 is 1.39. The third kappa shape index (κ3) is 3.07. The quantitative estimate of drug-likeness (QED) is 0.760. The first kappa shape index (κ1) is 16.3. The smallest absolute Gasteiger partial charge is 0.270 e. The molecule has 2 aliphatic rings. The fourth-order valence-electron chi connectivity index (χ4n) is 3.41. The highest BCUT2D eigenvalue weighted by molar-refractivity contribution is 8.00. The molecule has 1 aromatic carbocycles. The van der Waals surface area contributed by atoms with Gasteiger partial charge >= 0.3 is 0 Å². The number of nitrogens with zero attached hydrogens (tertiary/aromatic N) is 1. The van der Waals surface area contributed by atoms with Crippen molar-refractivity contribution in [1.82, 2.24) is 9.78 Å². The highest BCUT2D eigenvalue weighted by atomic mass is 32.2. The summed E-state index contributed by atoms with van der Waals surface area (Å²) in [5.74, 6) is 0.805. The van der Waals surface area contributed by atoms with Gasteiger partial charge in [0.1, 0.15) is 11.6 Å². The van der Waals surface area contributed by atoms with Gasteiger partial charge in [0.05, 0.1) is 22.6 Å². The van der Waals surface area contributed by atoms with E-state index in [0.717, 1.165) is 18.4 Å². The van der Waals surface area contributed by atoms with Crippen LogP contribution in [0.4, 0.5) is 5.82 Å². The number of H-pyrrole nitrogens is 1. The van der Waals surface area contributed by atoms with Crippen LogP contribution in [0.3, 0.4) is 0 Å². The molecule has 1 saturated heterocycles. The van der Waals surface area contributed by atoms with Crippen LogP contribution in [0.1, 0.15) is 35.3 Å². The Labute approximate surface area is 148 Å². The summed E-state index contributed by atoms with van der Waals surface area (Å²) in [7, 11) is 0. The fourth-order valence-corrected chi connectivity index (χ4v) is 4.53. The summed E-state index contributed by atoms with van der Waals surface area (Å²) < 4.78 is 7.19. The van der Waals surface area contributed by atoms with Crippen LogP contribution in [0.25, 0.3) is 0 Å². The number of carbonyl (C=O) groups is 1. The van der Waals surface area contributed by atoms with E-state index >= 15 is 0 Å². The van der Waals surface area contributed by atoms with E-state index in [9.17, 15) is 14.7 Å². The molecule has 1 atom stereocenters. The van der Waals surface area contributed by atoms with E-state index in [1.54, 1.807) is 22.9 Å². The number of ether oxygens (including phenoxy) is 1. The van der Waals surface area contributed by atoms with Crippen molar-refractivity contribution in [3.63, 3.8) is 0 Å². The second kappa shape index (κ2) is 6.61. The predicted octanol–water partition coefficient (Wildman–Crippen LogP) is 2.01. The van der Waals surface area contributed by atoms with Gasteiger partial charge < -0.3 is 15.2 Å². The average Bonchev–Trinajstić information content (AvgIpc) is 2.82. The minimum atomic E-state index is -0.314. The highest BCUT2D eigenvalue weighted by Crippen LogP contribution is 2.41. The van der Waals surface area contributed by atoms with Gasteiger partial charge in [0.25, 0.3) is 5.56 Å². The van der Waals surface area contributed by atoms with Crippen molar-refractivity contribution in [2.75, 3.05) is 24.3 Å². The van der Waals surface area contributed by atoms with E-state index in [2.05, 4.69) is 10.4 Å². The topological polar surface area (TPSA) is 96.3 Å². The third-order valence-corrected chi connectivity index (χ3v) is 5.86. The average molecular weight is 361 g/mol. The Morgan fingerprint density at radius 1 is 1.24 bits per heavy atom. The Hall–Kier alpha value is -2.19. The van der Waals surface area contributed by atoms with Crippen LogP contribution < -0.4 is 10.9 Å². The molecule has 0 spiro atoms. The monoisotopic (exact) mass is 361 g/mol. The molecule has 2 aromatic rings. The first-order chi connectivity index (χ1) is 12.1. The lowest BCUT2D eigenvalue weighted by atomic mass is 10.1. The van der Waals surface area contributed by atoms with Crippen molar-refractivity contribution in [2.24, 2.45) is 0 Å². The SMILES string of the molecule is O=C1CSC(c2cccc(O)c2)c2c(n(C3CCOCC3)[nH]c2=O)N1. The van der Waals surface area contributed by atoms with Crippen LogP contribution in [0.5, 0.6) is 5.75 Å². The summed E-state index contributed by atoms with van der Waals surface area (Å²) in [6.45, 7) is 1.27. The van der Waals surface area contributed by atoms with Crippen molar-refractivity contribution in [1.29, 1.82) is 0 Å². The van der Waals surface area contributed by atoms with Crippen LogP contribution in [0.2, 0.25) is 0 Å². The van der Waals surface area contributed by atoms with Crippen LogP contribution in [0, 0.1) is 0 Å². The molecular formula is C17H19N3O4S. The van der Waals surface area contributed by atoms with Gasteiger partial charge in [-0.15, -0.1) is 11.8 Å². The summed E-state index contributed by atoms with van der Waals surface area (Å²) in [6.07, 6.45) is 1.58. The number of amides is 1. The van der Waals surface area contributed by atoms with E-state index in [0.29, 0.717) is 24.6 Å². The van der Waals surface area contributed by atoms with Crippen LogP contribution in [0.15, 0.2) is 29.1 Å². The predicted molar refractivity (Wildman–Crippen MR) is 95.2 cm³/mol. The number of aromatic amines is 1. The van der Waals surface area contributed by atoms with Gasteiger partial charge in [0.2, 0.25) is 5.91 Å². The summed E-state index contributed by atoms with van der Waals surface area (Å²) in [5, 5.41) is 15.3. The largest absolute Gasteiger partial charge is 0.508 e. The molecule has 1 unspecified atom stereocenters. The number of phenolic OH excluding ortho intramolecular Hbond substituents is 1. The maximum Gasteiger partial charge on any atom is 0.270 e. The molecule has 1 aromatic heterocycles. The van der Waals surface area contributed by atoms with E-state index < -0.39 is 0 Å². The Morgan fingerprint density at radius 3 is 2.80 bits per heavy atom. The Kier molecular flexibility index (Phi) is 4.30. The lowest BCUT2D eigenvalue weighted by Crippen LogP contribution is -2.24. The second-order valence-electron chi connectivity index (χ2n) is 6.25. The molecule has 1 fully saturated rings. The summed E-state index contributed by atoms with van der Waals surface area (Å²) in [4.78, 5) is 24.9. The number of hydrogen-bond acceptors (Lipinski definition) is 5. The van der Waals surface area contributed by atoms with Crippen molar-refractivity contribution >= 4 is 23.5 Å². The normalized spacial score (nSPS) is 21.4. The van der Waals surface area contributed by atoms with Gasteiger partial charge in [-0.2, -0.15) is 0 Å². The Morgan fingerprint density at radius 2 is 2.04 bits per heavy atom. The van der Waals surface area contributed by atoms with E-state index in [-0.39, 0.29) is 34.3 Å². The molecule has 0 saturated carbocycles. The molecular weight excluding hydrogens is 342 g/mol. The number of hydrogen-bond donors (Lipinski definition) is 3. The zero-order chi connectivity index (χ0) is 17.4. The fraction of sp³-hybridized carbons (Fsp3) is 0.412. The van der Waals surface area contributed by atoms with Gasteiger partial charge in [0.15, 0.2) is 0 Å². The van der Waals surface area contributed by atoms with E-state index in [1.807, 2.05) is 6.07 Å². The lowest BCUT2D eigenvalue weighted by Gasteiger charge is -2.25. The number of aromatic hydroxyl groups is 1. The molecule has 0 radical (unpaired) electrons. The first-order valence-corrected chi connectivity index (χ1v) is 9.31. The standard InChI is InChI=1S/C17H19N3O4S/c21-12-3-1-2-10(8-12)15-14-16(18-13(22)9-25-15)20(19-17(14)23)11-4-6-24-7-5-11/h1-3,8,11,15,21H,4-7,9H2,(H,18,22)(H,19,23). The van der Waals surface area contributed by atoms with Crippen molar-refractivity contribution < 1.29 is 14.6 Å². The minimum absolute atomic E-state index is 0.0958. The molecule has 132 valence electrons. The number of benzene rings is 1. The van der Waals surface area contributed by atoms with Gasteiger partial charge in [-0.3, -0.25) is 19.4 Å². The summed E-state index contributed by atoms with van der Waals surface area (Å²) in [5.41, 5.74) is 1.13. The molecule has 7 nitrogen and oxygen atoms in total. The number of rotatable bonds is 2.